The number of carbonyl (C=O) groups is 1. The molecule has 1 atom stereocenters. The molecule has 1 heterocycles. The Balaban J connectivity index is 2.13. The maximum absolute atomic E-state index is 12.7. The van der Waals surface area contributed by atoms with Gasteiger partial charge in [0.05, 0.1) is 18.2 Å². The zero-order valence-electron chi connectivity index (χ0n) is 14.3. The highest BCUT2D eigenvalue weighted by atomic mass is 35.5. The molecule has 0 radical (unpaired) electrons. The number of aromatic hydroxyl groups is 1. The Bertz CT molecular complexity index is 763. The number of Topliss-reactive ketones (excluding diaryl/α,β-unsaturated/α-hetero) is 1. The van der Waals surface area contributed by atoms with Gasteiger partial charge in [-0.25, -0.2) is 0 Å². The van der Waals surface area contributed by atoms with E-state index in [-0.39, 0.29) is 28.3 Å². The Morgan fingerprint density at radius 1 is 1.44 bits per heavy atom. The standard InChI is InChI=1S/C18H21ClN2O3S/c1-3-7-21-12-5-4-6-13(22)15(12)16(20-18(21)25)10-8-11(19)17(23)14(9-10)24-2/h8-9,16,23H,3-7H2,1-2H3,(H,20,25). The Kier molecular flexibility index (Phi) is 5.20. The summed E-state index contributed by atoms with van der Waals surface area (Å²) in [5.41, 5.74) is 2.51. The summed E-state index contributed by atoms with van der Waals surface area (Å²) in [6.07, 6.45) is 3.15. The molecule has 2 N–H and O–H groups in total. The molecule has 0 bridgehead atoms. The minimum absolute atomic E-state index is 0.108. The molecule has 0 amide bonds. The number of hydrogen-bond donors (Lipinski definition) is 2. The molecule has 0 spiro atoms. The predicted octanol–water partition coefficient (Wildman–Crippen LogP) is 3.70. The lowest BCUT2D eigenvalue weighted by Gasteiger charge is -2.41. The first-order chi connectivity index (χ1) is 12.0. The van der Waals surface area contributed by atoms with Crippen molar-refractivity contribution in [2.24, 2.45) is 0 Å². The Labute approximate surface area is 157 Å². The lowest BCUT2D eigenvalue weighted by molar-refractivity contribution is -0.116. The molecule has 0 saturated heterocycles. The first kappa shape index (κ1) is 18.0. The fraction of sp³-hybridized carbons (Fsp3) is 0.444. The van der Waals surface area contributed by atoms with Crippen LogP contribution in [0.2, 0.25) is 5.02 Å². The van der Waals surface area contributed by atoms with Crippen molar-refractivity contribution in [3.63, 3.8) is 0 Å². The monoisotopic (exact) mass is 380 g/mol. The number of phenolic OH excluding ortho intramolecular Hbond substituents is 1. The number of ether oxygens (including phenoxy) is 1. The molecule has 0 saturated carbocycles. The van der Waals surface area contributed by atoms with E-state index in [0.29, 0.717) is 11.5 Å². The second kappa shape index (κ2) is 7.22. The molecule has 0 fully saturated rings. The first-order valence-electron chi connectivity index (χ1n) is 8.38. The summed E-state index contributed by atoms with van der Waals surface area (Å²) < 4.78 is 5.20. The van der Waals surface area contributed by atoms with Crippen molar-refractivity contribution in [2.45, 2.75) is 38.6 Å². The maximum atomic E-state index is 12.7. The molecule has 7 heteroatoms. The van der Waals surface area contributed by atoms with Crippen LogP contribution in [-0.4, -0.2) is 34.6 Å². The maximum Gasteiger partial charge on any atom is 0.176 e. The average molecular weight is 381 g/mol. The summed E-state index contributed by atoms with van der Waals surface area (Å²) in [5.74, 6) is 0.296. The van der Waals surface area contributed by atoms with Gasteiger partial charge in [-0.1, -0.05) is 18.5 Å². The summed E-state index contributed by atoms with van der Waals surface area (Å²) in [6, 6.07) is 2.97. The van der Waals surface area contributed by atoms with Crippen LogP contribution in [0.25, 0.3) is 0 Å². The molecular weight excluding hydrogens is 360 g/mol. The van der Waals surface area contributed by atoms with Gasteiger partial charge in [-0.3, -0.25) is 4.79 Å². The van der Waals surface area contributed by atoms with Gasteiger partial charge in [-0.2, -0.15) is 0 Å². The number of methoxy groups -OCH3 is 1. The second-order valence-corrected chi connectivity index (χ2v) is 7.02. The Hall–Kier alpha value is -1.79. The van der Waals surface area contributed by atoms with Crippen molar-refractivity contribution < 1.29 is 14.6 Å². The van der Waals surface area contributed by atoms with Crippen LogP contribution < -0.4 is 10.1 Å². The summed E-state index contributed by atoms with van der Waals surface area (Å²) in [4.78, 5) is 14.7. The van der Waals surface area contributed by atoms with Gasteiger partial charge in [0.15, 0.2) is 22.4 Å². The third-order valence-electron chi connectivity index (χ3n) is 4.61. The summed E-state index contributed by atoms with van der Waals surface area (Å²) in [6.45, 7) is 2.87. The van der Waals surface area contributed by atoms with Gasteiger partial charge in [0.1, 0.15) is 0 Å². The van der Waals surface area contributed by atoms with Crippen LogP contribution in [0.5, 0.6) is 11.5 Å². The van der Waals surface area contributed by atoms with Gasteiger partial charge in [0.2, 0.25) is 0 Å². The predicted molar refractivity (Wildman–Crippen MR) is 101 cm³/mol. The molecule has 1 aliphatic carbocycles. The zero-order valence-corrected chi connectivity index (χ0v) is 15.8. The number of rotatable bonds is 4. The second-order valence-electron chi connectivity index (χ2n) is 6.22. The molecule has 25 heavy (non-hydrogen) atoms. The number of carbonyl (C=O) groups excluding carboxylic acids is 1. The SMILES string of the molecule is CCCN1C(=S)NC(c2cc(Cl)c(O)c(OC)c2)C2=C1CCCC2=O. The van der Waals surface area contributed by atoms with Gasteiger partial charge >= 0.3 is 0 Å². The molecular formula is C18H21ClN2O3S. The van der Waals surface area contributed by atoms with Crippen molar-refractivity contribution in [3.05, 3.63) is 34.0 Å². The quantitative estimate of drug-likeness (QED) is 0.776. The third kappa shape index (κ3) is 3.20. The van der Waals surface area contributed by atoms with E-state index in [1.54, 1.807) is 12.1 Å². The van der Waals surface area contributed by atoms with Crippen LogP contribution in [0.3, 0.4) is 0 Å². The number of ketones is 1. The lowest BCUT2D eigenvalue weighted by atomic mass is 9.84. The summed E-state index contributed by atoms with van der Waals surface area (Å²) in [7, 11) is 1.47. The fourth-order valence-electron chi connectivity index (χ4n) is 3.48. The number of phenols is 1. The van der Waals surface area contributed by atoms with Crippen LogP contribution in [0.4, 0.5) is 0 Å². The summed E-state index contributed by atoms with van der Waals surface area (Å²) >= 11 is 11.7. The molecule has 1 aliphatic heterocycles. The highest BCUT2D eigenvalue weighted by Gasteiger charge is 2.37. The molecule has 1 unspecified atom stereocenters. The van der Waals surface area contributed by atoms with E-state index in [0.717, 1.165) is 42.6 Å². The number of nitrogens with one attached hydrogen (secondary N) is 1. The van der Waals surface area contributed by atoms with Gasteiger partial charge < -0.3 is 20.1 Å². The number of hydrogen-bond acceptors (Lipinski definition) is 4. The molecule has 5 nitrogen and oxygen atoms in total. The number of allylic oxidation sites excluding steroid dienone is 1. The molecule has 1 aromatic rings. The molecule has 0 aromatic heterocycles. The lowest BCUT2D eigenvalue weighted by Crippen LogP contribution is -2.49. The zero-order chi connectivity index (χ0) is 18.1. The van der Waals surface area contributed by atoms with E-state index in [1.807, 2.05) is 4.90 Å². The topological polar surface area (TPSA) is 61.8 Å². The number of nitrogens with zero attached hydrogens (tertiary/aromatic N) is 1. The van der Waals surface area contributed by atoms with Gasteiger partial charge in [0.25, 0.3) is 0 Å². The largest absolute Gasteiger partial charge is 0.503 e. The van der Waals surface area contributed by atoms with E-state index in [9.17, 15) is 9.90 Å². The van der Waals surface area contributed by atoms with E-state index < -0.39 is 0 Å². The number of halogens is 1. The highest BCUT2D eigenvalue weighted by molar-refractivity contribution is 7.80. The highest BCUT2D eigenvalue weighted by Crippen LogP contribution is 2.42. The van der Waals surface area contributed by atoms with Crippen LogP contribution in [0.15, 0.2) is 23.4 Å². The molecule has 2 aliphatic rings. The van der Waals surface area contributed by atoms with E-state index in [2.05, 4.69) is 12.2 Å². The third-order valence-corrected chi connectivity index (χ3v) is 5.23. The van der Waals surface area contributed by atoms with Crippen molar-refractivity contribution in [1.29, 1.82) is 0 Å². The molecule has 3 rings (SSSR count). The molecule has 1 aromatic carbocycles. The Morgan fingerprint density at radius 2 is 2.20 bits per heavy atom. The van der Waals surface area contributed by atoms with Crippen LogP contribution in [0, 0.1) is 0 Å². The minimum atomic E-state index is -0.379. The van der Waals surface area contributed by atoms with Crippen LogP contribution in [0.1, 0.15) is 44.2 Å². The normalized spacial score (nSPS) is 20.4. The molecule has 134 valence electrons. The minimum Gasteiger partial charge on any atom is -0.503 e. The van der Waals surface area contributed by atoms with Crippen molar-refractivity contribution in [2.75, 3.05) is 13.7 Å². The summed E-state index contributed by atoms with van der Waals surface area (Å²) in [5, 5.41) is 14.1. The van der Waals surface area contributed by atoms with Crippen molar-refractivity contribution >= 4 is 34.7 Å². The van der Waals surface area contributed by atoms with Gasteiger partial charge in [0, 0.05) is 24.2 Å². The Morgan fingerprint density at radius 3 is 2.88 bits per heavy atom. The van der Waals surface area contributed by atoms with Gasteiger partial charge in [-0.05, 0) is 49.2 Å². The first-order valence-corrected chi connectivity index (χ1v) is 9.17. The number of benzene rings is 1. The van der Waals surface area contributed by atoms with Crippen LogP contribution in [-0.2, 0) is 4.79 Å². The van der Waals surface area contributed by atoms with Gasteiger partial charge in [-0.15, -0.1) is 0 Å². The van der Waals surface area contributed by atoms with E-state index in [4.69, 9.17) is 28.6 Å². The van der Waals surface area contributed by atoms with Crippen molar-refractivity contribution in [1.82, 2.24) is 10.2 Å². The average Bonchev–Trinajstić information content (AvgIpc) is 2.59. The van der Waals surface area contributed by atoms with Crippen molar-refractivity contribution in [3.8, 4) is 11.5 Å². The van der Waals surface area contributed by atoms with Crippen LogP contribution >= 0.6 is 23.8 Å². The number of thiocarbonyl (C=S) groups is 1. The fourth-order valence-corrected chi connectivity index (χ4v) is 4.02. The van der Waals surface area contributed by atoms with E-state index in [1.165, 1.54) is 7.11 Å². The van der Waals surface area contributed by atoms with E-state index >= 15 is 0 Å². The smallest absolute Gasteiger partial charge is 0.176 e.